The van der Waals surface area contributed by atoms with E-state index in [0.29, 0.717) is 6.42 Å². The molecule has 16 heavy (non-hydrogen) atoms. The van der Waals surface area contributed by atoms with Crippen LogP contribution >= 0.6 is 0 Å². The van der Waals surface area contributed by atoms with E-state index in [1.54, 1.807) is 0 Å². The fourth-order valence-corrected chi connectivity index (χ4v) is 1.80. The van der Waals surface area contributed by atoms with Gasteiger partial charge in [0.05, 0.1) is 6.54 Å². The number of hydrogen-bond acceptors (Lipinski definition) is 3. The molecular formula is C10H13NO4S. The molecular weight excluding hydrogens is 230 g/mol. The molecule has 0 aromatic heterocycles. The lowest BCUT2D eigenvalue weighted by Gasteiger charge is -2.13. The highest BCUT2D eigenvalue weighted by molar-refractivity contribution is 7.79. The molecule has 88 valence electrons. The zero-order chi connectivity index (χ0) is 12.0. The molecule has 0 aliphatic rings. The van der Waals surface area contributed by atoms with Gasteiger partial charge in [-0.25, -0.2) is 4.21 Å². The maximum Gasteiger partial charge on any atom is 0.317 e. The normalized spacial score (nSPS) is 14.3. The molecule has 0 aliphatic carbocycles. The maximum atomic E-state index is 11.0. The van der Waals surface area contributed by atoms with Crippen molar-refractivity contribution >= 4 is 17.0 Å². The van der Waals surface area contributed by atoms with Gasteiger partial charge >= 0.3 is 5.97 Å². The molecule has 5 nitrogen and oxygen atoms in total. The summed E-state index contributed by atoms with van der Waals surface area (Å²) >= 11 is -2.09. The van der Waals surface area contributed by atoms with Gasteiger partial charge in [0.1, 0.15) is 5.37 Å². The number of carboxylic acids is 1. The summed E-state index contributed by atoms with van der Waals surface area (Å²) in [5, 5.41) is 10.2. The van der Waals surface area contributed by atoms with Gasteiger partial charge in [-0.1, -0.05) is 30.3 Å². The lowest BCUT2D eigenvalue weighted by Crippen LogP contribution is -2.38. The highest BCUT2D eigenvalue weighted by atomic mass is 32.2. The third kappa shape index (κ3) is 4.52. The molecule has 6 heteroatoms. The first-order valence-corrected chi connectivity index (χ1v) is 5.85. The van der Waals surface area contributed by atoms with E-state index in [1.807, 2.05) is 30.3 Å². The van der Waals surface area contributed by atoms with Crippen LogP contribution in [0.2, 0.25) is 0 Å². The topological polar surface area (TPSA) is 86.6 Å². The third-order valence-electron chi connectivity index (χ3n) is 1.99. The van der Waals surface area contributed by atoms with Crippen LogP contribution in [0.4, 0.5) is 0 Å². The van der Waals surface area contributed by atoms with Crippen molar-refractivity contribution < 1.29 is 18.7 Å². The molecule has 0 bridgehead atoms. The number of nitrogens with one attached hydrogen (secondary N) is 1. The summed E-state index contributed by atoms with van der Waals surface area (Å²) in [6.07, 6.45) is 0.317. The SMILES string of the molecule is O=C(O)CNC(Cc1ccccc1)S(=O)O. The average Bonchev–Trinajstić information content (AvgIpc) is 2.25. The predicted molar refractivity (Wildman–Crippen MR) is 60.3 cm³/mol. The highest BCUT2D eigenvalue weighted by Gasteiger charge is 2.16. The largest absolute Gasteiger partial charge is 0.480 e. The molecule has 1 aromatic rings. The maximum absolute atomic E-state index is 11.0. The quantitative estimate of drug-likeness (QED) is 0.631. The molecule has 0 amide bonds. The summed E-state index contributed by atoms with van der Waals surface area (Å²) in [6.45, 7) is -0.330. The Morgan fingerprint density at radius 3 is 2.50 bits per heavy atom. The molecule has 0 saturated carbocycles. The second kappa shape index (κ2) is 6.37. The van der Waals surface area contributed by atoms with E-state index in [4.69, 9.17) is 9.66 Å². The van der Waals surface area contributed by atoms with Crippen LogP contribution in [-0.2, 0) is 22.3 Å². The van der Waals surface area contributed by atoms with Crippen LogP contribution in [0.15, 0.2) is 30.3 Å². The van der Waals surface area contributed by atoms with Crippen molar-refractivity contribution in [2.75, 3.05) is 6.54 Å². The van der Waals surface area contributed by atoms with E-state index in [-0.39, 0.29) is 6.54 Å². The smallest absolute Gasteiger partial charge is 0.317 e. The Morgan fingerprint density at radius 1 is 1.38 bits per heavy atom. The Kier molecular flexibility index (Phi) is 5.10. The minimum atomic E-state index is -2.09. The van der Waals surface area contributed by atoms with Crippen molar-refractivity contribution in [1.82, 2.24) is 5.32 Å². The van der Waals surface area contributed by atoms with Crippen molar-refractivity contribution in [1.29, 1.82) is 0 Å². The minimum Gasteiger partial charge on any atom is -0.480 e. The van der Waals surface area contributed by atoms with E-state index in [2.05, 4.69) is 5.32 Å². The van der Waals surface area contributed by atoms with E-state index in [1.165, 1.54) is 0 Å². The second-order valence-electron chi connectivity index (χ2n) is 3.23. The van der Waals surface area contributed by atoms with Crippen molar-refractivity contribution in [3.63, 3.8) is 0 Å². The summed E-state index contributed by atoms with van der Waals surface area (Å²) < 4.78 is 20.0. The Morgan fingerprint density at radius 2 is 2.00 bits per heavy atom. The Balaban J connectivity index is 2.58. The van der Waals surface area contributed by atoms with Gasteiger partial charge in [-0.2, -0.15) is 0 Å². The van der Waals surface area contributed by atoms with Gasteiger partial charge in [0.15, 0.2) is 11.1 Å². The molecule has 0 fully saturated rings. The molecule has 0 heterocycles. The Labute approximate surface area is 95.8 Å². The summed E-state index contributed by atoms with van der Waals surface area (Å²) in [4.78, 5) is 10.3. The summed E-state index contributed by atoms with van der Waals surface area (Å²) in [7, 11) is 0. The molecule has 2 unspecified atom stereocenters. The number of benzene rings is 1. The first-order chi connectivity index (χ1) is 7.59. The van der Waals surface area contributed by atoms with Crippen molar-refractivity contribution in [3.05, 3.63) is 35.9 Å². The molecule has 0 saturated heterocycles. The van der Waals surface area contributed by atoms with Gasteiger partial charge in [-0.05, 0) is 5.56 Å². The lowest BCUT2D eigenvalue weighted by molar-refractivity contribution is -0.136. The molecule has 1 aromatic carbocycles. The summed E-state index contributed by atoms with van der Waals surface area (Å²) in [5.41, 5.74) is 0.882. The first kappa shape index (κ1) is 12.8. The van der Waals surface area contributed by atoms with Crippen LogP contribution in [0.25, 0.3) is 0 Å². The summed E-state index contributed by atoms with van der Waals surface area (Å²) in [6, 6.07) is 9.14. The third-order valence-corrected chi connectivity index (χ3v) is 2.81. The van der Waals surface area contributed by atoms with Gasteiger partial charge in [0.25, 0.3) is 0 Å². The zero-order valence-electron chi connectivity index (χ0n) is 8.50. The van der Waals surface area contributed by atoms with Crippen LogP contribution in [0, 0.1) is 0 Å². The van der Waals surface area contributed by atoms with Gasteiger partial charge in [-0.15, -0.1) is 0 Å². The van der Waals surface area contributed by atoms with Gasteiger partial charge in [0, 0.05) is 6.42 Å². The number of carboxylic acid groups (broad SMARTS) is 1. The highest BCUT2D eigenvalue weighted by Crippen LogP contribution is 2.04. The molecule has 2 atom stereocenters. The van der Waals surface area contributed by atoms with Gasteiger partial charge in [0.2, 0.25) is 0 Å². The van der Waals surface area contributed by atoms with Gasteiger partial charge in [-0.3, -0.25) is 10.1 Å². The van der Waals surface area contributed by atoms with Crippen molar-refractivity contribution in [2.24, 2.45) is 0 Å². The number of aliphatic carboxylic acids is 1. The van der Waals surface area contributed by atoms with Crippen molar-refractivity contribution in [3.8, 4) is 0 Å². The second-order valence-corrected chi connectivity index (χ2v) is 4.35. The fraction of sp³-hybridized carbons (Fsp3) is 0.300. The lowest BCUT2D eigenvalue weighted by atomic mass is 10.1. The molecule has 3 N–H and O–H groups in total. The molecule has 1 rings (SSSR count). The first-order valence-electron chi connectivity index (χ1n) is 4.68. The van der Waals surface area contributed by atoms with Crippen LogP contribution in [0.1, 0.15) is 5.56 Å². The predicted octanol–water partition coefficient (Wildman–Crippen LogP) is 0.451. The van der Waals surface area contributed by atoms with Crippen molar-refractivity contribution in [2.45, 2.75) is 11.8 Å². The number of rotatable bonds is 6. The molecule has 0 spiro atoms. The van der Waals surface area contributed by atoms with Crippen LogP contribution in [0.5, 0.6) is 0 Å². The molecule has 0 radical (unpaired) electrons. The van der Waals surface area contributed by atoms with Gasteiger partial charge < -0.3 is 9.66 Å². The van der Waals surface area contributed by atoms with E-state index < -0.39 is 22.4 Å². The average molecular weight is 243 g/mol. The fourth-order valence-electron chi connectivity index (χ4n) is 1.24. The standard InChI is InChI=1S/C10H13NO4S/c12-10(13)7-11-9(16(14)15)6-8-4-2-1-3-5-8/h1-5,9,11H,6-7H2,(H,12,13)(H,14,15). The van der Waals surface area contributed by atoms with E-state index >= 15 is 0 Å². The Bertz CT molecular complexity index is 368. The Hall–Kier alpha value is -1.24. The van der Waals surface area contributed by atoms with Crippen LogP contribution < -0.4 is 5.32 Å². The minimum absolute atomic E-state index is 0.317. The van der Waals surface area contributed by atoms with Crippen LogP contribution in [0.3, 0.4) is 0 Å². The van der Waals surface area contributed by atoms with E-state index in [0.717, 1.165) is 5.56 Å². The van der Waals surface area contributed by atoms with E-state index in [9.17, 15) is 9.00 Å². The monoisotopic (exact) mass is 243 g/mol. The summed E-state index contributed by atoms with van der Waals surface area (Å²) in [5.74, 6) is -1.05. The molecule has 0 aliphatic heterocycles. The number of hydrogen-bond donors (Lipinski definition) is 3. The van der Waals surface area contributed by atoms with Crippen LogP contribution in [-0.4, -0.2) is 31.8 Å². The number of carbonyl (C=O) groups is 1. The zero-order valence-corrected chi connectivity index (χ0v) is 9.31.